The maximum atomic E-state index is 12.2. The van der Waals surface area contributed by atoms with Crippen LogP contribution in [0.2, 0.25) is 0 Å². The van der Waals surface area contributed by atoms with Gasteiger partial charge in [0.2, 0.25) is 5.91 Å². The van der Waals surface area contributed by atoms with Gasteiger partial charge in [0.15, 0.2) is 0 Å². The van der Waals surface area contributed by atoms with Gasteiger partial charge in [0, 0.05) is 45.9 Å². The van der Waals surface area contributed by atoms with E-state index in [-0.39, 0.29) is 11.9 Å². The van der Waals surface area contributed by atoms with Crippen LogP contribution >= 0.6 is 0 Å². The van der Waals surface area contributed by atoms with Gasteiger partial charge in [-0.25, -0.2) is 4.79 Å². The summed E-state index contributed by atoms with van der Waals surface area (Å²) in [6.07, 6.45) is 4.62. The Bertz CT molecular complexity index is 403. The number of methoxy groups -OCH3 is 1. The van der Waals surface area contributed by atoms with E-state index in [1.54, 1.807) is 12.0 Å². The molecule has 1 aliphatic carbocycles. The second kappa shape index (κ2) is 9.84. The summed E-state index contributed by atoms with van der Waals surface area (Å²) in [6.45, 7) is 6.57. The standard InChI is InChI=1S/C17H32N4O3/c1-14-3-5-15(6-4-14)19-16(22)13-20-8-10-21(11-9-20)17(23)18-7-12-24-2/h14-15H,3-13H2,1-2H3,(H,18,23)(H,19,22). The quantitative estimate of drug-likeness (QED) is 0.697. The van der Waals surface area contributed by atoms with E-state index in [2.05, 4.69) is 22.5 Å². The topological polar surface area (TPSA) is 73.9 Å². The van der Waals surface area contributed by atoms with E-state index in [0.29, 0.717) is 38.8 Å². The number of piperazine rings is 1. The maximum Gasteiger partial charge on any atom is 0.317 e. The molecule has 0 aromatic rings. The molecule has 138 valence electrons. The molecule has 0 aromatic heterocycles. The summed E-state index contributed by atoms with van der Waals surface area (Å²) in [4.78, 5) is 28.1. The molecule has 2 fully saturated rings. The summed E-state index contributed by atoms with van der Waals surface area (Å²) in [5.74, 6) is 0.911. The van der Waals surface area contributed by atoms with Gasteiger partial charge < -0.3 is 20.3 Å². The lowest BCUT2D eigenvalue weighted by atomic mass is 9.87. The summed E-state index contributed by atoms with van der Waals surface area (Å²) in [7, 11) is 1.61. The highest BCUT2D eigenvalue weighted by molar-refractivity contribution is 5.78. The fourth-order valence-corrected chi connectivity index (χ4v) is 3.36. The number of carbonyl (C=O) groups is 2. The Morgan fingerprint density at radius 3 is 2.38 bits per heavy atom. The molecule has 7 nitrogen and oxygen atoms in total. The number of rotatable bonds is 6. The van der Waals surface area contributed by atoms with Gasteiger partial charge in [-0.3, -0.25) is 9.69 Å². The molecule has 1 aliphatic heterocycles. The van der Waals surface area contributed by atoms with E-state index >= 15 is 0 Å². The summed E-state index contributed by atoms with van der Waals surface area (Å²) >= 11 is 0. The molecule has 1 saturated carbocycles. The van der Waals surface area contributed by atoms with Crippen molar-refractivity contribution < 1.29 is 14.3 Å². The van der Waals surface area contributed by atoms with Crippen LogP contribution in [0.3, 0.4) is 0 Å². The van der Waals surface area contributed by atoms with Crippen molar-refractivity contribution in [2.24, 2.45) is 5.92 Å². The van der Waals surface area contributed by atoms with Crippen LogP contribution in [0.1, 0.15) is 32.6 Å². The number of amides is 3. The van der Waals surface area contributed by atoms with Crippen LogP contribution in [0.15, 0.2) is 0 Å². The van der Waals surface area contributed by atoms with Crippen LogP contribution in [0.25, 0.3) is 0 Å². The molecule has 2 aliphatic rings. The maximum absolute atomic E-state index is 12.2. The number of urea groups is 1. The molecule has 0 bridgehead atoms. The summed E-state index contributed by atoms with van der Waals surface area (Å²) in [6, 6.07) is 0.300. The molecule has 24 heavy (non-hydrogen) atoms. The number of ether oxygens (including phenoxy) is 1. The number of hydrogen-bond acceptors (Lipinski definition) is 4. The summed E-state index contributed by atoms with van der Waals surface area (Å²) in [5.41, 5.74) is 0. The Morgan fingerprint density at radius 1 is 1.08 bits per heavy atom. The minimum atomic E-state index is -0.0486. The van der Waals surface area contributed by atoms with Crippen LogP contribution in [-0.2, 0) is 9.53 Å². The van der Waals surface area contributed by atoms with Crippen LogP contribution in [0, 0.1) is 5.92 Å². The number of nitrogens with one attached hydrogen (secondary N) is 2. The zero-order chi connectivity index (χ0) is 17.4. The Morgan fingerprint density at radius 2 is 1.75 bits per heavy atom. The van der Waals surface area contributed by atoms with Crippen molar-refractivity contribution in [3.05, 3.63) is 0 Å². The van der Waals surface area contributed by atoms with Crippen LogP contribution in [0.5, 0.6) is 0 Å². The minimum Gasteiger partial charge on any atom is -0.383 e. The van der Waals surface area contributed by atoms with Crippen LogP contribution < -0.4 is 10.6 Å². The number of hydrogen-bond donors (Lipinski definition) is 2. The first-order chi connectivity index (χ1) is 11.6. The van der Waals surface area contributed by atoms with Crippen molar-refractivity contribution in [2.75, 3.05) is 53.0 Å². The average Bonchev–Trinajstić information content (AvgIpc) is 2.58. The van der Waals surface area contributed by atoms with E-state index in [1.807, 2.05) is 0 Å². The van der Waals surface area contributed by atoms with Gasteiger partial charge in [0.25, 0.3) is 0 Å². The van der Waals surface area contributed by atoms with Crippen molar-refractivity contribution in [2.45, 2.75) is 38.6 Å². The summed E-state index contributed by atoms with van der Waals surface area (Å²) < 4.78 is 4.92. The Balaban J connectivity index is 1.61. The lowest BCUT2D eigenvalue weighted by Gasteiger charge is -2.35. The van der Waals surface area contributed by atoms with Gasteiger partial charge in [-0.2, -0.15) is 0 Å². The normalized spacial score (nSPS) is 25.3. The first-order valence-electron chi connectivity index (χ1n) is 9.12. The first-order valence-corrected chi connectivity index (χ1v) is 9.12. The average molecular weight is 340 g/mol. The highest BCUT2D eigenvalue weighted by atomic mass is 16.5. The van der Waals surface area contributed by atoms with E-state index in [9.17, 15) is 9.59 Å². The molecule has 1 heterocycles. The van der Waals surface area contributed by atoms with Gasteiger partial charge in [-0.1, -0.05) is 6.92 Å². The highest BCUT2D eigenvalue weighted by Crippen LogP contribution is 2.23. The van der Waals surface area contributed by atoms with Crippen molar-refractivity contribution in [1.82, 2.24) is 20.4 Å². The highest BCUT2D eigenvalue weighted by Gasteiger charge is 2.24. The smallest absolute Gasteiger partial charge is 0.317 e. The predicted octanol–water partition coefficient (Wildman–Crippen LogP) is 0.655. The molecule has 7 heteroatoms. The number of carbonyl (C=O) groups excluding carboxylic acids is 2. The fraction of sp³-hybridized carbons (Fsp3) is 0.882. The molecule has 2 N–H and O–H groups in total. The van der Waals surface area contributed by atoms with Crippen LogP contribution in [0.4, 0.5) is 4.79 Å². The third-order valence-corrected chi connectivity index (χ3v) is 4.99. The minimum absolute atomic E-state index is 0.0486. The molecule has 0 atom stereocenters. The van der Waals surface area contributed by atoms with E-state index in [1.165, 1.54) is 12.8 Å². The van der Waals surface area contributed by atoms with Crippen molar-refractivity contribution in [3.8, 4) is 0 Å². The predicted molar refractivity (Wildman–Crippen MR) is 92.9 cm³/mol. The van der Waals surface area contributed by atoms with Gasteiger partial charge in [-0.05, 0) is 31.6 Å². The monoisotopic (exact) mass is 340 g/mol. The van der Waals surface area contributed by atoms with E-state index in [4.69, 9.17) is 4.74 Å². The van der Waals surface area contributed by atoms with Gasteiger partial charge >= 0.3 is 6.03 Å². The lowest BCUT2D eigenvalue weighted by molar-refractivity contribution is -0.123. The molecular formula is C17H32N4O3. The van der Waals surface area contributed by atoms with Gasteiger partial charge in [-0.15, -0.1) is 0 Å². The lowest BCUT2D eigenvalue weighted by Crippen LogP contribution is -2.54. The van der Waals surface area contributed by atoms with Crippen molar-refractivity contribution in [3.63, 3.8) is 0 Å². The molecule has 0 spiro atoms. The van der Waals surface area contributed by atoms with Crippen molar-refractivity contribution >= 4 is 11.9 Å². The third-order valence-electron chi connectivity index (χ3n) is 4.99. The molecule has 0 radical (unpaired) electrons. The molecule has 2 rings (SSSR count). The molecular weight excluding hydrogens is 308 g/mol. The molecule has 3 amide bonds. The van der Waals surface area contributed by atoms with Crippen LogP contribution in [-0.4, -0.2) is 80.8 Å². The fourth-order valence-electron chi connectivity index (χ4n) is 3.36. The number of nitrogens with zero attached hydrogens (tertiary/aromatic N) is 2. The molecule has 1 saturated heterocycles. The molecule has 0 aromatic carbocycles. The zero-order valence-electron chi connectivity index (χ0n) is 15.1. The Kier molecular flexibility index (Phi) is 7.78. The Hall–Kier alpha value is -1.34. The van der Waals surface area contributed by atoms with Gasteiger partial charge in [0.05, 0.1) is 13.2 Å². The summed E-state index contributed by atoms with van der Waals surface area (Å²) in [5, 5.41) is 6.00. The SMILES string of the molecule is COCCNC(=O)N1CCN(CC(=O)NC2CCC(C)CC2)CC1. The Labute approximate surface area is 145 Å². The zero-order valence-corrected chi connectivity index (χ0v) is 15.1. The largest absolute Gasteiger partial charge is 0.383 e. The first kappa shape index (κ1) is 19.0. The second-order valence-corrected chi connectivity index (χ2v) is 7.01. The van der Waals surface area contributed by atoms with E-state index < -0.39 is 0 Å². The van der Waals surface area contributed by atoms with Crippen molar-refractivity contribution in [1.29, 1.82) is 0 Å². The van der Waals surface area contributed by atoms with Gasteiger partial charge in [0.1, 0.15) is 0 Å². The third kappa shape index (κ3) is 6.28. The van der Waals surface area contributed by atoms with E-state index in [0.717, 1.165) is 31.8 Å². The molecule has 0 unspecified atom stereocenters. The second-order valence-electron chi connectivity index (χ2n) is 7.01.